The van der Waals surface area contributed by atoms with E-state index in [1.54, 1.807) is 24.3 Å². The zero-order valence-electron chi connectivity index (χ0n) is 19.2. The molecule has 0 unspecified atom stereocenters. The third-order valence-electron chi connectivity index (χ3n) is 4.38. The molecule has 0 spiro atoms. The van der Waals surface area contributed by atoms with Crippen molar-refractivity contribution in [3.05, 3.63) is 95.1 Å². The molecule has 0 heterocycles. The van der Waals surface area contributed by atoms with E-state index in [0.717, 1.165) is 24.3 Å². The van der Waals surface area contributed by atoms with Gasteiger partial charge < -0.3 is 25.2 Å². The Kier molecular flexibility index (Phi) is 11.9. The summed E-state index contributed by atoms with van der Waals surface area (Å²) in [5, 5.41) is 34.5. The molecule has 0 aliphatic rings. The summed E-state index contributed by atoms with van der Waals surface area (Å²) >= 11 is 0. The van der Waals surface area contributed by atoms with Crippen LogP contribution in [0.4, 0.5) is 0 Å². The first-order valence-electron chi connectivity index (χ1n) is 10.4. The molecule has 3 aromatic carbocycles. The van der Waals surface area contributed by atoms with E-state index in [2.05, 4.69) is 0 Å². The molecule has 0 atom stereocenters. The molecule has 0 fully saturated rings. The number of rotatable bonds is 7. The van der Waals surface area contributed by atoms with Crippen LogP contribution in [0.5, 0.6) is 0 Å². The van der Waals surface area contributed by atoms with Gasteiger partial charge in [0.2, 0.25) is 0 Å². The first-order chi connectivity index (χ1) is 16.6. The van der Waals surface area contributed by atoms with Crippen LogP contribution in [0.15, 0.2) is 72.8 Å². The molecule has 9 heteroatoms. The topological polar surface area (TPSA) is 158 Å². The smallest absolute Gasteiger partial charge is 0.335 e. The van der Waals surface area contributed by atoms with Gasteiger partial charge in [-0.1, -0.05) is 24.3 Å². The Morgan fingerprint density at radius 3 is 0.829 bits per heavy atom. The molecule has 3 aromatic rings. The second-order valence-electron chi connectivity index (χ2n) is 6.73. The normalized spacial score (nSPS) is 9.54. The fourth-order valence-corrected chi connectivity index (χ4v) is 2.57. The minimum atomic E-state index is -1.06. The highest BCUT2D eigenvalue weighted by atomic mass is 16.5. The van der Waals surface area contributed by atoms with E-state index in [1.807, 2.05) is 13.8 Å². The number of carbonyl (C=O) groups is 4. The molecule has 0 saturated carbocycles. The highest BCUT2D eigenvalue weighted by Crippen LogP contribution is 2.20. The molecule has 0 aliphatic heterocycles. The average Bonchev–Trinajstić information content (AvgIpc) is 2.85. The van der Waals surface area contributed by atoms with Crippen LogP contribution >= 0.6 is 0 Å². The molecule has 4 N–H and O–H groups in total. The Morgan fingerprint density at radius 1 is 0.486 bits per heavy atom. The molecule has 0 radical (unpaired) electrons. The highest BCUT2D eigenvalue weighted by molar-refractivity contribution is 5.91. The Morgan fingerprint density at radius 2 is 0.686 bits per heavy atom. The lowest BCUT2D eigenvalue weighted by molar-refractivity contribution is 0.0681. The molecule has 0 saturated heterocycles. The molecule has 0 amide bonds. The van der Waals surface area contributed by atoms with Crippen molar-refractivity contribution in [3.8, 4) is 11.1 Å². The number of benzene rings is 3. The molecular formula is C26H26O9. The van der Waals surface area contributed by atoms with Crippen LogP contribution in [-0.4, -0.2) is 57.5 Å². The summed E-state index contributed by atoms with van der Waals surface area (Å²) in [6.07, 6.45) is 0. The number of carboxylic acids is 4. The fraction of sp³-hybridized carbons (Fsp3) is 0.154. The summed E-state index contributed by atoms with van der Waals surface area (Å²) in [5.41, 5.74) is 2.30. The van der Waals surface area contributed by atoms with Gasteiger partial charge in [-0.15, -0.1) is 0 Å². The van der Waals surface area contributed by atoms with Crippen molar-refractivity contribution in [1.82, 2.24) is 0 Å². The maximum atomic E-state index is 10.7. The predicted octanol–water partition coefficient (Wildman–Crippen LogP) is 4.88. The number of hydrogen-bond donors (Lipinski definition) is 4. The van der Waals surface area contributed by atoms with Crippen LogP contribution in [0.1, 0.15) is 55.3 Å². The summed E-state index contributed by atoms with van der Waals surface area (Å²) in [5.74, 6) is -4.07. The number of carboxylic acid groups (broad SMARTS) is 4. The van der Waals surface area contributed by atoms with E-state index in [1.165, 1.54) is 48.5 Å². The van der Waals surface area contributed by atoms with Gasteiger partial charge in [0.1, 0.15) is 0 Å². The first-order valence-corrected chi connectivity index (χ1v) is 10.4. The second-order valence-corrected chi connectivity index (χ2v) is 6.73. The van der Waals surface area contributed by atoms with E-state index < -0.39 is 23.9 Å². The zero-order valence-corrected chi connectivity index (χ0v) is 19.2. The molecule has 0 aromatic heterocycles. The molecular weight excluding hydrogens is 456 g/mol. The van der Waals surface area contributed by atoms with Crippen molar-refractivity contribution < 1.29 is 44.3 Å². The Balaban J connectivity index is 0.000000310. The SMILES string of the molecule is CCOCC.O=C(O)c1ccc(-c2ccc(C(=O)O)cc2)cc1.O=C(O)c1ccc(C(=O)O)cc1. The first kappa shape index (κ1) is 28.5. The lowest BCUT2D eigenvalue weighted by Crippen LogP contribution is -1.99. The van der Waals surface area contributed by atoms with Crippen molar-refractivity contribution in [1.29, 1.82) is 0 Å². The van der Waals surface area contributed by atoms with Gasteiger partial charge in [-0.25, -0.2) is 19.2 Å². The molecule has 35 heavy (non-hydrogen) atoms. The van der Waals surface area contributed by atoms with Crippen LogP contribution in [0, 0.1) is 0 Å². The standard InChI is InChI=1S/C14H10O4.C8H6O4.C4H10O/c15-13(16)11-5-1-9(2-6-11)10-3-7-12(8-4-10)14(17)18;9-7(10)5-1-2-6(4-3-5)8(11)12;1-3-5-4-2/h1-8H,(H,15,16)(H,17,18);1-4H,(H,9,10)(H,11,12);3-4H2,1-2H3. The van der Waals surface area contributed by atoms with Crippen molar-refractivity contribution in [3.63, 3.8) is 0 Å². The largest absolute Gasteiger partial charge is 0.478 e. The second kappa shape index (κ2) is 14.6. The van der Waals surface area contributed by atoms with Crippen molar-refractivity contribution >= 4 is 23.9 Å². The monoisotopic (exact) mass is 482 g/mol. The van der Waals surface area contributed by atoms with Crippen LogP contribution < -0.4 is 0 Å². The lowest BCUT2D eigenvalue weighted by atomic mass is 10.0. The quantitative estimate of drug-likeness (QED) is 0.368. The Bertz CT molecular complexity index is 1030. The Hall–Kier alpha value is -4.50. The third-order valence-corrected chi connectivity index (χ3v) is 4.38. The highest BCUT2D eigenvalue weighted by Gasteiger charge is 2.06. The Labute approximate surface area is 201 Å². The molecule has 184 valence electrons. The summed E-state index contributed by atoms with van der Waals surface area (Å²) < 4.78 is 4.83. The van der Waals surface area contributed by atoms with Crippen LogP contribution in [-0.2, 0) is 4.74 Å². The van der Waals surface area contributed by atoms with Crippen LogP contribution in [0.2, 0.25) is 0 Å². The molecule has 9 nitrogen and oxygen atoms in total. The molecule has 0 bridgehead atoms. The van der Waals surface area contributed by atoms with Gasteiger partial charge in [0.25, 0.3) is 0 Å². The minimum Gasteiger partial charge on any atom is -0.478 e. The lowest BCUT2D eigenvalue weighted by Gasteiger charge is -2.03. The van der Waals surface area contributed by atoms with Crippen molar-refractivity contribution in [2.75, 3.05) is 13.2 Å². The van der Waals surface area contributed by atoms with Crippen molar-refractivity contribution in [2.24, 2.45) is 0 Å². The fourth-order valence-electron chi connectivity index (χ4n) is 2.57. The van der Waals surface area contributed by atoms with E-state index in [-0.39, 0.29) is 22.3 Å². The summed E-state index contributed by atoms with van der Waals surface area (Å²) in [4.78, 5) is 42.1. The zero-order chi connectivity index (χ0) is 26.4. The predicted molar refractivity (Wildman–Crippen MR) is 128 cm³/mol. The van der Waals surface area contributed by atoms with Gasteiger partial charge >= 0.3 is 23.9 Å². The van der Waals surface area contributed by atoms with E-state index in [9.17, 15) is 19.2 Å². The minimum absolute atomic E-state index is 0.0833. The molecule has 0 aliphatic carbocycles. The van der Waals surface area contributed by atoms with Gasteiger partial charge in [0, 0.05) is 13.2 Å². The average molecular weight is 482 g/mol. The third kappa shape index (κ3) is 9.89. The van der Waals surface area contributed by atoms with Gasteiger partial charge in [-0.3, -0.25) is 0 Å². The van der Waals surface area contributed by atoms with E-state index in [4.69, 9.17) is 25.2 Å². The summed E-state index contributed by atoms with van der Waals surface area (Å²) in [7, 11) is 0. The van der Waals surface area contributed by atoms with E-state index in [0.29, 0.717) is 0 Å². The number of aromatic carboxylic acids is 4. The maximum absolute atomic E-state index is 10.7. The number of hydrogen-bond acceptors (Lipinski definition) is 5. The van der Waals surface area contributed by atoms with Gasteiger partial charge in [-0.05, 0) is 73.5 Å². The molecule has 3 rings (SSSR count). The number of ether oxygens (including phenoxy) is 1. The van der Waals surface area contributed by atoms with Gasteiger partial charge in [-0.2, -0.15) is 0 Å². The van der Waals surface area contributed by atoms with Gasteiger partial charge in [0.05, 0.1) is 22.3 Å². The van der Waals surface area contributed by atoms with E-state index >= 15 is 0 Å². The van der Waals surface area contributed by atoms with Gasteiger partial charge in [0.15, 0.2) is 0 Å². The van der Waals surface area contributed by atoms with Crippen molar-refractivity contribution in [2.45, 2.75) is 13.8 Å². The van der Waals surface area contributed by atoms with Crippen LogP contribution in [0.25, 0.3) is 11.1 Å². The maximum Gasteiger partial charge on any atom is 0.335 e. The summed E-state index contributed by atoms with van der Waals surface area (Å²) in [6.45, 7) is 5.67. The summed E-state index contributed by atoms with van der Waals surface area (Å²) in [6, 6.07) is 17.9. The van der Waals surface area contributed by atoms with Crippen LogP contribution in [0.3, 0.4) is 0 Å².